The van der Waals surface area contributed by atoms with Crippen LogP contribution in [0.25, 0.3) is 0 Å². The molecule has 1 aromatic rings. The van der Waals surface area contributed by atoms with Gasteiger partial charge in [-0.3, -0.25) is 14.6 Å². The molecule has 1 atom stereocenters. The summed E-state index contributed by atoms with van der Waals surface area (Å²) in [6.45, 7) is 9.54. The zero-order chi connectivity index (χ0) is 17.1. The normalized spacial score (nSPS) is 23.1. The van der Waals surface area contributed by atoms with Crippen molar-refractivity contribution in [3.63, 3.8) is 0 Å². The fraction of sp³-hybridized carbons (Fsp3) is 0.765. The monoisotopic (exact) mass is 336 g/mol. The minimum atomic E-state index is 0.151. The van der Waals surface area contributed by atoms with Crippen LogP contribution in [0, 0.1) is 13.8 Å². The van der Waals surface area contributed by atoms with Gasteiger partial charge in [-0.15, -0.1) is 0 Å². The van der Waals surface area contributed by atoms with Crippen molar-refractivity contribution >= 4 is 5.91 Å². The molecule has 7 heteroatoms. The van der Waals surface area contributed by atoms with Gasteiger partial charge in [0, 0.05) is 44.3 Å². The van der Waals surface area contributed by atoms with Gasteiger partial charge in [-0.1, -0.05) is 5.16 Å². The van der Waals surface area contributed by atoms with E-state index in [0.717, 1.165) is 69.1 Å². The summed E-state index contributed by atoms with van der Waals surface area (Å²) in [4.78, 5) is 18.9. The largest absolute Gasteiger partial charge is 0.395 e. The Morgan fingerprint density at radius 2 is 2.00 bits per heavy atom. The predicted octanol–water partition coefficient (Wildman–Crippen LogP) is 0.392. The maximum Gasteiger partial charge on any atom is 0.236 e. The molecule has 0 saturated carbocycles. The van der Waals surface area contributed by atoms with Gasteiger partial charge in [-0.25, -0.2) is 0 Å². The predicted molar refractivity (Wildman–Crippen MR) is 89.5 cm³/mol. The molecular formula is C17H28N4O3. The first kappa shape index (κ1) is 17.4. The van der Waals surface area contributed by atoms with E-state index in [1.54, 1.807) is 0 Å². The summed E-state index contributed by atoms with van der Waals surface area (Å²) in [6.07, 6.45) is 2.07. The maximum absolute atomic E-state index is 12.5. The molecule has 2 aliphatic rings. The number of hydrogen-bond donors (Lipinski definition) is 1. The summed E-state index contributed by atoms with van der Waals surface area (Å²) in [7, 11) is 0. The standard InChI is InChI=1S/C17H28N4O3/c1-13-16(14(2)24-18-13)10-19-6-8-20(9-7-19)17(23)11-21-5-3-4-15(21)12-22/h15,22H,3-12H2,1-2H3. The number of carbonyl (C=O) groups excluding carboxylic acids is 1. The van der Waals surface area contributed by atoms with Crippen molar-refractivity contribution in [2.75, 3.05) is 45.9 Å². The summed E-state index contributed by atoms with van der Waals surface area (Å²) in [6, 6.07) is 0.162. The number of rotatable bonds is 5. The lowest BCUT2D eigenvalue weighted by Gasteiger charge is -2.36. The van der Waals surface area contributed by atoms with Crippen molar-refractivity contribution in [1.82, 2.24) is 19.9 Å². The van der Waals surface area contributed by atoms with E-state index in [0.29, 0.717) is 6.54 Å². The summed E-state index contributed by atoms with van der Waals surface area (Å²) in [5.41, 5.74) is 2.12. The second-order valence-corrected chi connectivity index (χ2v) is 6.91. The number of aryl methyl sites for hydroxylation is 2. The van der Waals surface area contributed by atoms with E-state index in [1.807, 2.05) is 18.7 Å². The van der Waals surface area contributed by atoms with Crippen molar-refractivity contribution in [3.05, 3.63) is 17.0 Å². The van der Waals surface area contributed by atoms with Gasteiger partial charge in [-0.2, -0.15) is 0 Å². The van der Waals surface area contributed by atoms with Crippen molar-refractivity contribution < 1.29 is 14.4 Å². The molecule has 1 N–H and O–H groups in total. The lowest BCUT2D eigenvalue weighted by atomic mass is 10.1. The Morgan fingerprint density at radius 3 is 2.62 bits per heavy atom. The first-order valence-corrected chi connectivity index (χ1v) is 8.85. The Labute approximate surface area is 143 Å². The van der Waals surface area contributed by atoms with Crippen molar-refractivity contribution in [2.24, 2.45) is 0 Å². The molecule has 3 heterocycles. The Bertz CT molecular complexity index is 547. The number of likely N-dealkylation sites (tertiary alicyclic amines) is 1. The second-order valence-electron chi connectivity index (χ2n) is 6.91. The number of aliphatic hydroxyl groups is 1. The summed E-state index contributed by atoms with van der Waals surface area (Å²) in [5, 5.41) is 13.4. The van der Waals surface area contributed by atoms with Crippen LogP contribution >= 0.6 is 0 Å². The molecule has 3 rings (SSSR count). The molecule has 0 aromatic carbocycles. The van der Waals surface area contributed by atoms with E-state index in [-0.39, 0.29) is 18.6 Å². The molecule has 2 fully saturated rings. The van der Waals surface area contributed by atoms with Gasteiger partial charge < -0.3 is 14.5 Å². The average molecular weight is 336 g/mol. The van der Waals surface area contributed by atoms with Gasteiger partial charge in [0.05, 0.1) is 18.8 Å². The minimum Gasteiger partial charge on any atom is -0.395 e. The number of carbonyl (C=O) groups is 1. The molecule has 0 aliphatic carbocycles. The molecule has 2 aliphatic heterocycles. The fourth-order valence-electron chi connectivity index (χ4n) is 3.69. The van der Waals surface area contributed by atoms with Gasteiger partial charge in [0.2, 0.25) is 5.91 Å². The van der Waals surface area contributed by atoms with Crippen LogP contribution in [-0.4, -0.2) is 82.8 Å². The minimum absolute atomic E-state index is 0.151. The Balaban J connectivity index is 1.47. The SMILES string of the molecule is Cc1noc(C)c1CN1CCN(C(=O)CN2CCCC2CO)CC1. The van der Waals surface area contributed by atoms with Crippen LogP contribution in [-0.2, 0) is 11.3 Å². The highest BCUT2D eigenvalue weighted by Gasteiger charge is 2.29. The van der Waals surface area contributed by atoms with Gasteiger partial charge in [0.1, 0.15) is 5.76 Å². The van der Waals surface area contributed by atoms with E-state index in [9.17, 15) is 9.90 Å². The highest BCUT2D eigenvalue weighted by atomic mass is 16.5. The van der Waals surface area contributed by atoms with Crippen molar-refractivity contribution in [3.8, 4) is 0 Å². The first-order valence-electron chi connectivity index (χ1n) is 8.85. The Morgan fingerprint density at radius 1 is 1.25 bits per heavy atom. The molecule has 1 aromatic heterocycles. The van der Waals surface area contributed by atoms with Crippen LogP contribution in [0.5, 0.6) is 0 Å². The van der Waals surface area contributed by atoms with E-state index < -0.39 is 0 Å². The van der Waals surface area contributed by atoms with E-state index in [1.165, 1.54) is 0 Å². The highest BCUT2D eigenvalue weighted by molar-refractivity contribution is 5.78. The van der Waals surface area contributed by atoms with Crippen LogP contribution in [0.4, 0.5) is 0 Å². The zero-order valence-corrected chi connectivity index (χ0v) is 14.7. The molecular weight excluding hydrogens is 308 g/mol. The molecule has 24 heavy (non-hydrogen) atoms. The van der Waals surface area contributed by atoms with E-state index in [4.69, 9.17) is 4.52 Å². The molecule has 0 spiro atoms. The van der Waals surface area contributed by atoms with Crippen LogP contribution < -0.4 is 0 Å². The van der Waals surface area contributed by atoms with Gasteiger partial charge in [0.15, 0.2) is 0 Å². The van der Waals surface area contributed by atoms with Crippen LogP contribution in [0.15, 0.2) is 4.52 Å². The average Bonchev–Trinajstić information content (AvgIpc) is 3.16. The third-order valence-corrected chi connectivity index (χ3v) is 5.34. The number of nitrogens with zero attached hydrogens (tertiary/aromatic N) is 4. The Kier molecular flexibility index (Phi) is 5.53. The summed E-state index contributed by atoms with van der Waals surface area (Å²) in [5.74, 6) is 1.07. The Hall–Kier alpha value is -1.44. The number of aliphatic hydroxyl groups excluding tert-OH is 1. The number of piperazine rings is 1. The third-order valence-electron chi connectivity index (χ3n) is 5.34. The number of hydrogen-bond acceptors (Lipinski definition) is 6. The highest BCUT2D eigenvalue weighted by Crippen LogP contribution is 2.18. The van der Waals surface area contributed by atoms with E-state index >= 15 is 0 Å². The van der Waals surface area contributed by atoms with Crippen molar-refractivity contribution in [1.29, 1.82) is 0 Å². The fourth-order valence-corrected chi connectivity index (χ4v) is 3.69. The van der Waals surface area contributed by atoms with Crippen LogP contribution in [0.2, 0.25) is 0 Å². The molecule has 7 nitrogen and oxygen atoms in total. The van der Waals surface area contributed by atoms with Gasteiger partial charge in [0.25, 0.3) is 0 Å². The number of amides is 1. The third kappa shape index (κ3) is 3.79. The van der Waals surface area contributed by atoms with Crippen LogP contribution in [0.1, 0.15) is 29.9 Å². The second kappa shape index (κ2) is 7.63. The van der Waals surface area contributed by atoms with Crippen molar-refractivity contribution in [2.45, 2.75) is 39.3 Å². The van der Waals surface area contributed by atoms with Gasteiger partial charge in [-0.05, 0) is 33.2 Å². The topological polar surface area (TPSA) is 73.1 Å². The van der Waals surface area contributed by atoms with Gasteiger partial charge >= 0.3 is 0 Å². The van der Waals surface area contributed by atoms with E-state index in [2.05, 4.69) is 15.0 Å². The molecule has 1 unspecified atom stereocenters. The lowest BCUT2D eigenvalue weighted by Crippen LogP contribution is -2.51. The quantitative estimate of drug-likeness (QED) is 0.839. The molecule has 2 saturated heterocycles. The molecule has 134 valence electrons. The summed E-state index contributed by atoms with van der Waals surface area (Å²) >= 11 is 0. The smallest absolute Gasteiger partial charge is 0.236 e. The summed E-state index contributed by atoms with van der Waals surface area (Å²) < 4.78 is 5.22. The molecule has 1 amide bonds. The maximum atomic E-state index is 12.5. The zero-order valence-electron chi connectivity index (χ0n) is 14.7. The molecule has 0 radical (unpaired) electrons. The van der Waals surface area contributed by atoms with Crippen LogP contribution in [0.3, 0.4) is 0 Å². The first-order chi connectivity index (χ1) is 11.6. The number of aromatic nitrogens is 1. The lowest BCUT2D eigenvalue weighted by molar-refractivity contribution is -0.134. The molecule has 0 bridgehead atoms.